The highest BCUT2D eigenvalue weighted by Crippen LogP contribution is 2.33. The molecule has 1 amide bonds. The first-order valence-corrected chi connectivity index (χ1v) is 6.88. The molecule has 0 unspecified atom stereocenters. The van der Waals surface area contributed by atoms with Gasteiger partial charge in [-0.3, -0.25) is 9.59 Å². The number of methoxy groups -OCH3 is 1. The van der Waals surface area contributed by atoms with Crippen molar-refractivity contribution in [1.82, 2.24) is 15.1 Å². The normalized spacial score (nSPS) is 11.2. The van der Waals surface area contributed by atoms with Gasteiger partial charge < -0.3 is 10.1 Å². The van der Waals surface area contributed by atoms with E-state index in [1.807, 2.05) is 5.32 Å². The number of hydrogen-bond donors (Lipinski definition) is 1. The van der Waals surface area contributed by atoms with Crippen molar-refractivity contribution in [2.45, 2.75) is 6.18 Å². The predicted octanol–water partition coefficient (Wildman–Crippen LogP) is 2.45. The van der Waals surface area contributed by atoms with Crippen LogP contribution in [-0.4, -0.2) is 35.3 Å². The number of halogens is 4. The zero-order valence-corrected chi connectivity index (χ0v) is 13.0. The molecule has 24 heavy (non-hydrogen) atoms. The number of benzene rings is 1. The summed E-state index contributed by atoms with van der Waals surface area (Å²) in [5, 5.41) is 6.02. The van der Waals surface area contributed by atoms with Crippen molar-refractivity contribution in [1.29, 1.82) is 0 Å². The third-order valence-corrected chi connectivity index (χ3v) is 3.23. The Bertz CT molecular complexity index is 757. The number of hydrogen-bond acceptors (Lipinski definition) is 4. The van der Waals surface area contributed by atoms with Gasteiger partial charge >= 0.3 is 12.1 Å². The molecule has 6 nitrogen and oxygen atoms in total. The van der Waals surface area contributed by atoms with Gasteiger partial charge in [0.15, 0.2) is 5.69 Å². The summed E-state index contributed by atoms with van der Waals surface area (Å²) in [4.78, 5) is 22.9. The Morgan fingerprint density at radius 1 is 1.29 bits per heavy atom. The largest absolute Gasteiger partial charge is 0.468 e. The highest BCUT2D eigenvalue weighted by Gasteiger charge is 2.40. The molecule has 128 valence electrons. The molecule has 0 radical (unpaired) electrons. The number of carbonyl (C=O) groups is 2. The Morgan fingerprint density at radius 3 is 2.46 bits per heavy atom. The Morgan fingerprint density at radius 2 is 1.92 bits per heavy atom. The average Bonchev–Trinajstić information content (AvgIpc) is 2.98. The number of alkyl halides is 3. The van der Waals surface area contributed by atoms with Gasteiger partial charge in [0.05, 0.1) is 24.6 Å². The van der Waals surface area contributed by atoms with E-state index in [1.54, 1.807) is 0 Å². The van der Waals surface area contributed by atoms with Gasteiger partial charge in [0.2, 0.25) is 0 Å². The fourth-order valence-electron chi connectivity index (χ4n) is 1.89. The number of ether oxygens (including phenoxy) is 1. The minimum Gasteiger partial charge on any atom is -0.468 e. The number of carbonyl (C=O) groups excluding carboxylic acids is 2. The molecule has 0 saturated heterocycles. The number of nitrogens with zero attached hydrogens (tertiary/aromatic N) is 2. The molecule has 1 N–H and O–H groups in total. The van der Waals surface area contributed by atoms with Gasteiger partial charge in [-0.1, -0.05) is 11.6 Å². The smallest absolute Gasteiger partial charge is 0.434 e. The second-order valence-electron chi connectivity index (χ2n) is 4.55. The summed E-state index contributed by atoms with van der Waals surface area (Å²) >= 11 is 5.71. The monoisotopic (exact) mass is 361 g/mol. The molecule has 0 aliphatic rings. The number of esters is 1. The lowest BCUT2D eigenvalue weighted by atomic mass is 10.2. The van der Waals surface area contributed by atoms with E-state index < -0.39 is 35.9 Å². The number of amides is 1. The fraction of sp³-hybridized carbons (Fsp3) is 0.214. The summed E-state index contributed by atoms with van der Waals surface area (Å²) in [6, 6.07) is 5.47. The first-order valence-electron chi connectivity index (χ1n) is 6.50. The van der Waals surface area contributed by atoms with E-state index in [2.05, 4.69) is 9.84 Å². The molecule has 0 atom stereocenters. The van der Waals surface area contributed by atoms with Crippen molar-refractivity contribution in [3.8, 4) is 5.69 Å². The molecule has 0 saturated carbocycles. The lowest BCUT2D eigenvalue weighted by Gasteiger charge is -2.12. The first-order chi connectivity index (χ1) is 11.2. The first kappa shape index (κ1) is 17.8. The van der Waals surface area contributed by atoms with Crippen molar-refractivity contribution in [3.05, 3.63) is 46.7 Å². The second-order valence-corrected chi connectivity index (χ2v) is 4.99. The molecule has 10 heteroatoms. The van der Waals surface area contributed by atoms with E-state index >= 15 is 0 Å². The van der Waals surface area contributed by atoms with Crippen LogP contribution >= 0.6 is 11.6 Å². The van der Waals surface area contributed by atoms with Crippen molar-refractivity contribution in [2.75, 3.05) is 13.7 Å². The Hall–Kier alpha value is -2.55. The second kappa shape index (κ2) is 6.91. The topological polar surface area (TPSA) is 73.2 Å². The van der Waals surface area contributed by atoms with Crippen LogP contribution in [0, 0.1) is 0 Å². The van der Waals surface area contributed by atoms with Crippen molar-refractivity contribution in [3.63, 3.8) is 0 Å². The van der Waals surface area contributed by atoms with Gasteiger partial charge in [-0.05, 0) is 24.3 Å². The third kappa shape index (κ3) is 3.85. The van der Waals surface area contributed by atoms with Crippen LogP contribution in [0.25, 0.3) is 5.69 Å². The summed E-state index contributed by atoms with van der Waals surface area (Å²) < 4.78 is 45.0. The zero-order valence-electron chi connectivity index (χ0n) is 12.2. The molecule has 0 bridgehead atoms. The molecular weight excluding hydrogens is 351 g/mol. The van der Waals surface area contributed by atoms with Crippen LogP contribution < -0.4 is 5.32 Å². The molecule has 0 spiro atoms. The number of rotatable bonds is 4. The molecule has 1 heterocycles. The molecule has 1 aromatic heterocycles. The average molecular weight is 362 g/mol. The molecule has 0 fully saturated rings. The van der Waals surface area contributed by atoms with E-state index in [1.165, 1.54) is 24.3 Å². The third-order valence-electron chi connectivity index (χ3n) is 2.97. The van der Waals surface area contributed by atoms with Gasteiger partial charge in [-0.25, -0.2) is 4.68 Å². The zero-order chi connectivity index (χ0) is 17.9. The number of aromatic nitrogens is 2. The summed E-state index contributed by atoms with van der Waals surface area (Å²) in [5.74, 6) is -1.88. The molecule has 2 aromatic rings. The Labute approximate surface area is 139 Å². The van der Waals surface area contributed by atoms with Crippen LogP contribution in [0.2, 0.25) is 5.02 Å². The molecule has 1 aromatic carbocycles. The van der Waals surface area contributed by atoms with Gasteiger partial charge in [-0.15, -0.1) is 0 Å². The summed E-state index contributed by atoms with van der Waals surface area (Å²) in [5.41, 5.74) is -1.88. The fourth-order valence-corrected chi connectivity index (χ4v) is 2.01. The van der Waals surface area contributed by atoms with E-state index in [-0.39, 0.29) is 5.69 Å². The van der Waals surface area contributed by atoms with Crippen LogP contribution in [0.15, 0.2) is 30.5 Å². The maximum atomic E-state index is 13.4. The van der Waals surface area contributed by atoms with Crippen LogP contribution in [0.5, 0.6) is 0 Å². The Balaban J connectivity index is 2.41. The summed E-state index contributed by atoms with van der Waals surface area (Å²) in [7, 11) is 1.09. The van der Waals surface area contributed by atoms with E-state index in [9.17, 15) is 22.8 Å². The van der Waals surface area contributed by atoms with Gasteiger partial charge in [-0.2, -0.15) is 18.3 Å². The van der Waals surface area contributed by atoms with Gasteiger partial charge in [0.1, 0.15) is 6.54 Å². The minimum absolute atomic E-state index is 0.0822. The predicted molar refractivity (Wildman–Crippen MR) is 77.9 cm³/mol. The van der Waals surface area contributed by atoms with E-state index in [0.29, 0.717) is 9.70 Å². The van der Waals surface area contributed by atoms with Crippen LogP contribution in [0.1, 0.15) is 16.1 Å². The van der Waals surface area contributed by atoms with Gasteiger partial charge in [0.25, 0.3) is 5.91 Å². The van der Waals surface area contributed by atoms with E-state index in [0.717, 1.165) is 13.3 Å². The van der Waals surface area contributed by atoms with Crippen molar-refractivity contribution in [2.24, 2.45) is 0 Å². The quantitative estimate of drug-likeness (QED) is 0.849. The highest BCUT2D eigenvalue weighted by molar-refractivity contribution is 6.30. The van der Waals surface area contributed by atoms with Crippen LogP contribution in [-0.2, 0) is 15.7 Å². The number of nitrogens with one attached hydrogen (secondary N) is 1. The molecule has 2 rings (SSSR count). The maximum absolute atomic E-state index is 13.4. The lowest BCUT2D eigenvalue weighted by Crippen LogP contribution is -2.31. The van der Waals surface area contributed by atoms with Gasteiger partial charge in [0, 0.05) is 5.02 Å². The van der Waals surface area contributed by atoms with Crippen LogP contribution in [0.4, 0.5) is 13.2 Å². The Kier molecular flexibility index (Phi) is 5.13. The SMILES string of the molecule is COC(=O)CNC(=O)c1cnn(-c2ccc(Cl)cc2)c1C(F)(F)F. The van der Waals surface area contributed by atoms with Crippen molar-refractivity contribution >= 4 is 23.5 Å². The maximum Gasteiger partial charge on any atom is 0.434 e. The molecule has 0 aliphatic carbocycles. The van der Waals surface area contributed by atoms with Crippen molar-refractivity contribution < 1.29 is 27.5 Å². The summed E-state index contributed by atoms with van der Waals surface area (Å²) in [6.07, 6.45) is -4.06. The lowest BCUT2D eigenvalue weighted by molar-refractivity contribution is -0.143. The molecular formula is C14H11ClF3N3O3. The standard InChI is InChI=1S/C14H11ClF3N3O3/c1-24-11(22)7-19-13(23)10-6-20-21(12(10)14(16,17)18)9-4-2-8(15)3-5-9/h2-6H,7H2,1H3,(H,19,23). The van der Waals surface area contributed by atoms with E-state index in [4.69, 9.17) is 11.6 Å². The highest BCUT2D eigenvalue weighted by atomic mass is 35.5. The molecule has 0 aliphatic heterocycles. The van der Waals surface area contributed by atoms with Crippen LogP contribution in [0.3, 0.4) is 0 Å². The summed E-state index contributed by atoms with van der Waals surface area (Å²) in [6.45, 7) is -0.557. The minimum atomic E-state index is -4.84.